The maximum absolute atomic E-state index is 14.6. The molecule has 13 heteroatoms. The van der Waals surface area contributed by atoms with Crippen LogP contribution in [0.1, 0.15) is 33.4 Å². The second-order valence-electron chi connectivity index (χ2n) is 10.8. The average Bonchev–Trinajstić information content (AvgIpc) is 3.61. The van der Waals surface area contributed by atoms with Gasteiger partial charge >= 0.3 is 5.97 Å². The highest BCUT2D eigenvalue weighted by atomic mass is 32.1. The molecule has 3 aromatic heterocycles. The first-order valence-electron chi connectivity index (χ1n) is 14.1. The Hall–Kier alpha value is -4.64. The summed E-state index contributed by atoms with van der Waals surface area (Å²) in [6.07, 6.45) is 0.387. The standard InChI is InChI=1S/C32H32FN7O3S2/c1-19(18-43-24-13-12-21(17-22(24)33)9-8-14-39(3)4)15-26-28(30(41)42)35-32(45-26)40(5)27-16-20(2)29(38-37-27)36-31-34-23-10-6-7-11-25(23)44-31/h6-7,10-13,16-17,19H,14-15,18H2,1-5H3,(H,41,42)(H,34,36,38). The van der Waals surface area contributed by atoms with Gasteiger partial charge in [0.2, 0.25) is 0 Å². The molecule has 232 valence electrons. The lowest BCUT2D eigenvalue weighted by Crippen LogP contribution is -2.13. The average molecular weight is 646 g/mol. The number of anilines is 4. The van der Waals surface area contributed by atoms with E-state index in [2.05, 4.69) is 37.3 Å². The molecule has 0 radical (unpaired) electrons. The molecule has 0 bridgehead atoms. The van der Waals surface area contributed by atoms with Gasteiger partial charge in [-0.2, -0.15) is 0 Å². The highest BCUT2D eigenvalue weighted by Gasteiger charge is 2.23. The summed E-state index contributed by atoms with van der Waals surface area (Å²) in [4.78, 5) is 25.3. The number of halogens is 1. The number of benzene rings is 2. The van der Waals surface area contributed by atoms with Crippen molar-refractivity contribution >= 4 is 60.8 Å². The maximum atomic E-state index is 14.6. The Morgan fingerprint density at radius 1 is 1.11 bits per heavy atom. The van der Waals surface area contributed by atoms with E-state index >= 15 is 0 Å². The van der Waals surface area contributed by atoms with Crippen molar-refractivity contribution in [1.29, 1.82) is 0 Å². The van der Waals surface area contributed by atoms with Crippen molar-refractivity contribution in [2.75, 3.05) is 44.5 Å². The fraction of sp³-hybridized carbons (Fsp3) is 0.281. The van der Waals surface area contributed by atoms with Gasteiger partial charge in [0.15, 0.2) is 39.2 Å². The summed E-state index contributed by atoms with van der Waals surface area (Å²) >= 11 is 2.79. The number of para-hydroxylation sites is 1. The minimum atomic E-state index is -1.12. The van der Waals surface area contributed by atoms with E-state index in [0.717, 1.165) is 15.8 Å². The van der Waals surface area contributed by atoms with Crippen LogP contribution in [0.15, 0.2) is 48.5 Å². The number of thiazole rings is 2. The molecule has 0 aliphatic rings. The van der Waals surface area contributed by atoms with Gasteiger partial charge in [-0.1, -0.05) is 42.2 Å². The molecule has 0 aliphatic carbocycles. The lowest BCUT2D eigenvalue weighted by atomic mass is 10.1. The highest BCUT2D eigenvalue weighted by Crippen LogP contribution is 2.33. The largest absolute Gasteiger partial charge is 0.490 e. The van der Waals surface area contributed by atoms with Crippen LogP contribution in [-0.2, 0) is 6.42 Å². The van der Waals surface area contributed by atoms with Gasteiger partial charge in [0.05, 0.1) is 23.4 Å². The van der Waals surface area contributed by atoms with Crippen LogP contribution in [-0.4, -0.2) is 70.4 Å². The van der Waals surface area contributed by atoms with Gasteiger partial charge in [0, 0.05) is 17.5 Å². The van der Waals surface area contributed by atoms with Crippen LogP contribution >= 0.6 is 22.7 Å². The Kier molecular flexibility index (Phi) is 9.87. The number of carbonyl (C=O) groups is 1. The van der Waals surface area contributed by atoms with Crippen LogP contribution in [0.2, 0.25) is 0 Å². The Labute approximate surface area is 268 Å². The second-order valence-corrected chi connectivity index (χ2v) is 12.9. The Bertz CT molecular complexity index is 1860. The predicted octanol–water partition coefficient (Wildman–Crippen LogP) is 6.37. The van der Waals surface area contributed by atoms with Gasteiger partial charge in [0.1, 0.15) is 0 Å². The fourth-order valence-corrected chi connectivity index (χ4v) is 6.32. The van der Waals surface area contributed by atoms with Crippen molar-refractivity contribution in [2.45, 2.75) is 20.3 Å². The van der Waals surface area contributed by atoms with E-state index in [1.54, 1.807) is 24.1 Å². The molecule has 0 saturated carbocycles. The minimum absolute atomic E-state index is 0.0284. The maximum Gasteiger partial charge on any atom is 0.355 e. The Balaban J connectivity index is 1.24. The summed E-state index contributed by atoms with van der Waals surface area (Å²) in [5, 5.41) is 23.0. The number of ether oxygens (including phenoxy) is 1. The molecular weight excluding hydrogens is 614 g/mol. The van der Waals surface area contributed by atoms with E-state index in [4.69, 9.17) is 4.74 Å². The lowest BCUT2D eigenvalue weighted by molar-refractivity contribution is 0.0690. The molecule has 0 aliphatic heterocycles. The Morgan fingerprint density at radius 2 is 1.91 bits per heavy atom. The summed E-state index contributed by atoms with van der Waals surface area (Å²) in [6, 6.07) is 14.4. The third-order valence-electron chi connectivity index (χ3n) is 6.63. The molecule has 5 aromatic rings. The summed E-state index contributed by atoms with van der Waals surface area (Å²) in [5.41, 5.74) is 2.29. The van der Waals surface area contributed by atoms with E-state index in [-0.39, 0.29) is 24.0 Å². The van der Waals surface area contributed by atoms with Crippen molar-refractivity contribution in [3.05, 3.63) is 76.0 Å². The smallest absolute Gasteiger partial charge is 0.355 e. The third kappa shape index (κ3) is 7.91. The summed E-state index contributed by atoms with van der Waals surface area (Å²) in [6.45, 7) is 4.60. The number of nitrogens with zero attached hydrogens (tertiary/aromatic N) is 6. The number of rotatable bonds is 11. The molecule has 1 unspecified atom stereocenters. The summed E-state index contributed by atoms with van der Waals surface area (Å²) in [5.74, 6) is 5.40. The highest BCUT2D eigenvalue weighted by molar-refractivity contribution is 7.22. The second kappa shape index (κ2) is 14.0. The first-order valence-corrected chi connectivity index (χ1v) is 15.7. The molecule has 0 fully saturated rings. The summed E-state index contributed by atoms with van der Waals surface area (Å²) in [7, 11) is 5.59. The van der Waals surface area contributed by atoms with Crippen molar-refractivity contribution < 1.29 is 19.0 Å². The van der Waals surface area contributed by atoms with E-state index in [0.29, 0.717) is 45.3 Å². The summed E-state index contributed by atoms with van der Waals surface area (Å²) < 4.78 is 21.4. The van der Waals surface area contributed by atoms with Gasteiger partial charge < -0.3 is 20.1 Å². The zero-order chi connectivity index (χ0) is 32.1. The predicted molar refractivity (Wildman–Crippen MR) is 177 cm³/mol. The van der Waals surface area contributed by atoms with Gasteiger partial charge in [0.25, 0.3) is 0 Å². The molecule has 45 heavy (non-hydrogen) atoms. The van der Waals surface area contributed by atoms with Gasteiger partial charge in [-0.3, -0.25) is 4.90 Å². The topological polar surface area (TPSA) is 117 Å². The van der Waals surface area contributed by atoms with Crippen LogP contribution in [0.5, 0.6) is 5.75 Å². The van der Waals surface area contributed by atoms with E-state index in [9.17, 15) is 14.3 Å². The first-order chi connectivity index (χ1) is 21.6. The van der Waals surface area contributed by atoms with Gasteiger partial charge in [-0.05, 0) is 75.3 Å². The van der Waals surface area contributed by atoms with Gasteiger partial charge in [-0.15, -0.1) is 21.5 Å². The van der Waals surface area contributed by atoms with Crippen LogP contribution in [0.25, 0.3) is 10.2 Å². The van der Waals surface area contributed by atoms with Crippen molar-refractivity contribution in [1.82, 2.24) is 25.1 Å². The number of hydrogen-bond donors (Lipinski definition) is 2. The number of hydrogen-bond acceptors (Lipinski definition) is 11. The molecule has 5 rings (SSSR count). The number of carboxylic acid groups (broad SMARTS) is 1. The molecule has 0 spiro atoms. The number of aryl methyl sites for hydroxylation is 1. The molecular formula is C32H32FN7O3S2. The molecule has 2 N–H and O–H groups in total. The van der Waals surface area contributed by atoms with Crippen LogP contribution < -0.4 is 15.0 Å². The minimum Gasteiger partial charge on any atom is -0.490 e. The van der Waals surface area contributed by atoms with Crippen molar-refractivity contribution in [3.8, 4) is 17.6 Å². The zero-order valence-corrected chi connectivity index (χ0v) is 27.1. The molecule has 0 saturated heterocycles. The van der Waals surface area contributed by atoms with Crippen molar-refractivity contribution in [2.24, 2.45) is 5.92 Å². The van der Waals surface area contributed by atoms with Crippen LogP contribution in [0.4, 0.5) is 26.3 Å². The molecule has 3 heterocycles. The molecule has 10 nitrogen and oxygen atoms in total. The van der Waals surface area contributed by atoms with Gasteiger partial charge in [-0.25, -0.2) is 19.2 Å². The monoisotopic (exact) mass is 645 g/mol. The van der Waals surface area contributed by atoms with E-state index < -0.39 is 11.8 Å². The van der Waals surface area contributed by atoms with E-state index in [1.807, 2.05) is 63.2 Å². The molecule has 0 amide bonds. The number of carboxylic acids is 1. The number of aromatic carboxylic acids is 1. The van der Waals surface area contributed by atoms with Crippen LogP contribution in [0, 0.1) is 30.5 Å². The number of nitrogens with one attached hydrogen (secondary N) is 1. The fourth-order valence-electron chi connectivity index (χ4n) is 4.27. The van der Waals surface area contributed by atoms with E-state index in [1.165, 1.54) is 28.7 Å². The number of fused-ring (bicyclic) bond motifs is 1. The first kappa shape index (κ1) is 31.8. The quantitative estimate of drug-likeness (QED) is 0.157. The van der Waals surface area contributed by atoms with Crippen molar-refractivity contribution in [3.63, 3.8) is 0 Å². The lowest BCUT2D eigenvalue weighted by Gasteiger charge is -2.15. The zero-order valence-electron chi connectivity index (χ0n) is 25.5. The number of aromatic nitrogens is 4. The normalized spacial score (nSPS) is 11.7. The SMILES string of the molecule is Cc1cc(N(C)c2nc(C(=O)O)c(CC(C)COc3ccc(C#CCN(C)C)cc3F)s2)nnc1Nc1nc2ccccc2s1. The molecule has 1 atom stereocenters. The molecule has 2 aromatic carbocycles. The third-order valence-corrected chi connectivity index (χ3v) is 8.73. The van der Waals surface area contributed by atoms with Crippen LogP contribution in [0.3, 0.4) is 0 Å². The Morgan fingerprint density at radius 3 is 2.62 bits per heavy atom.